The number of hydrogen-bond donors (Lipinski definition) is 5. The Bertz CT molecular complexity index is 320. The second-order valence-electron chi connectivity index (χ2n) is 5.36. The summed E-state index contributed by atoms with van der Waals surface area (Å²) in [6, 6.07) is 0. The summed E-state index contributed by atoms with van der Waals surface area (Å²) in [5.74, 6) is 5.02. The average molecular weight is 309 g/mol. The van der Waals surface area contributed by atoms with Crippen molar-refractivity contribution in [3.63, 3.8) is 0 Å². The zero-order valence-corrected chi connectivity index (χ0v) is 11.6. The summed E-state index contributed by atoms with van der Waals surface area (Å²) in [6.45, 7) is -0.269. The van der Waals surface area contributed by atoms with Crippen LogP contribution >= 0.6 is 0 Å². The van der Waals surface area contributed by atoms with Gasteiger partial charge in [-0.2, -0.15) is 0 Å². The molecule has 0 amide bonds. The lowest BCUT2D eigenvalue weighted by molar-refractivity contribution is -0.283. The van der Waals surface area contributed by atoms with Gasteiger partial charge in [0.1, 0.15) is 12.2 Å². The molecule has 0 aromatic carbocycles. The van der Waals surface area contributed by atoms with E-state index in [2.05, 4.69) is 4.84 Å². The third-order valence-electron chi connectivity index (χ3n) is 3.68. The Morgan fingerprint density at radius 3 is 2.48 bits per heavy atom. The van der Waals surface area contributed by atoms with E-state index in [0.29, 0.717) is 6.42 Å². The highest BCUT2D eigenvalue weighted by atomic mass is 16.8. The molecule has 2 fully saturated rings. The van der Waals surface area contributed by atoms with E-state index in [9.17, 15) is 15.3 Å². The number of nitrogens with two attached hydrogens (primary N) is 1. The summed E-state index contributed by atoms with van der Waals surface area (Å²) < 4.78 is 16.2. The molecular formula is C12H23NO8. The summed E-state index contributed by atoms with van der Waals surface area (Å²) in [4.78, 5) is 4.53. The lowest BCUT2D eigenvalue weighted by atomic mass is 10.0. The van der Waals surface area contributed by atoms with E-state index in [1.165, 1.54) is 0 Å². The molecule has 21 heavy (non-hydrogen) atoms. The summed E-state index contributed by atoms with van der Waals surface area (Å²) in [5, 5.41) is 38.3. The van der Waals surface area contributed by atoms with Crippen LogP contribution in [-0.2, 0) is 19.0 Å². The van der Waals surface area contributed by atoms with Crippen LogP contribution in [0.1, 0.15) is 19.3 Å². The molecule has 2 rings (SSSR count). The van der Waals surface area contributed by atoms with E-state index in [1.807, 2.05) is 0 Å². The minimum absolute atomic E-state index is 0.0619. The van der Waals surface area contributed by atoms with Gasteiger partial charge in [0, 0.05) is 19.3 Å². The van der Waals surface area contributed by atoms with Crippen molar-refractivity contribution in [2.24, 2.45) is 5.90 Å². The van der Waals surface area contributed by atoms with Crippen molar-refractivity contribution in [3.8, 4) is 0 Å². The lowest BCUT2D eigenvalue weighted by Gasteiger charge is -2.37. The molecule has 2 aliphatic rings. The first-order valence-electron chi connectivity index (χ1n) is 6.96. The van der Waals surface area contributed by atoms with E-state index < -0.39 is 43.1 Å². The zero-order chi connectivity index (χ0) is 15.4. The second kappa shape index (κ2) is 7.77. The fourth-order valence-electron chi connectivity index (χ4n) is 2.52. The minimum Gasteiger partial charge on any atom is -0.394 e. The number of hydrogen-bond acceptors (Lipinski definition) is 9. The molecule has 0 aromatic rings. The van der Waals surface area contributed by atoms with Crippen molar-refractivity contribution >= 4 is 0 Å². The number of rotatable bonds is 5. The number of aliphatic hydroxyl groups is 4. The minimum atomic E-state index is -1.13. The smallest absolute Gasteiger partial charge is 0.180 e. The van der Waals surface area contributed by atoms with Crippen molar-refractivity contribution in [1.29, 1.82) is 0 Å². The first-order chi connectivity index (χ1) is 10.0. The third-order valence-corrected chi connectivity index (χ3v) is 3.68. The molecule has 2 saturated heterocycles. The van der Waals surface area contributed by atoms with Crippen LogP contribution in [0.5, 0.6) is 0 Å². The molecule has 5 unspecified atom stereocenters. The Kier molecular flexibility index (Phi) is 6.29. The highest BCUT2D eigenvalue weighted by molar-refractivity contribution is 4.83. The molecule has 7 atom stereocenters. The van der Waals surface area contributed by atoms with Crippen LogP contribution in [0.3, 0.4) is 0 Å². The maximum atomic E-state index is 9.85. The summed E-state index contributed by atoms with van der Waals surface area (Å²) in [7, 11) is 0. The second-order valence-corrected chi connectivity index (χ2v) is 5.36. The number of aliphatic hydroxyl groups excluding tert-OH is 4. The summed E-state index contributed by atoms with van der Waals surface area (Å²) in [5.41, 5.74) is 0. The fraction of sp³-hybridized carbons (Fsp3) is 1.00. The standard InChI is InChI=1S/C12H23NO8/c13-21-11-3-8(16)12(17)9(20-11)5-18-10-2-6(15)1-7(4-14)19-10/h6-12,14-17H,1-5,13H2/t6?,7?,8?,9?,10?,11-,12+/m1/s1. The largest absolute Gasteiger partial charge is 0.394 e. The van der Waals surface area contributed by atoms with Crippen molar-refractivity contribution < 1.29 is 39.5 Å². The molecule has 124 valence electrons. The van der Waals surface area contributed by atoms with Gasteiger partial charge in [0.15, 0.2) is 12.6 Å². The van der Waals surface area contributed by atoms with Crippen molar-refractivity contribution in [3.05, 3.63) is 0 Å². The van der Waals surface area contributed by atoms with Crippen LogP contribution in [0.15, 0.2) is 0 Å². The Balaban J connectivity index is 1.83. The molecule has 2 heterocycles. The Labute approximate surface area is 122 Å². The average Bonchev–Trinajstić information content (AvgIpc) is 2.47. The zero-order valence-electron chi connectivity index (χ0n) is 11.6. The van der Waals surface area contributed by atoms with Crippen LogP contribution in [0.4, 0.5) is 0 Å². The third kappa shape index (κ3) is 4.55. The van der Waals surface area contributed by atoms with E-state index in [4.69, 9.17) is 25.2 Å². The topological polar surface area (TPSA) is 144 Å². The van der Waals surface area contributed by atoms with Gasteiger partial charge >= 0.3 is 0 Å². The first kappa shape index (κ1) is 17.0. The monoisotopic (exact) mass is 309 g/mol. The molecule has 0 aromatic heterocycles. The van der Waals surface area contributed by atoms with Gasteiger partial charge in [-0.25, -0.2) is 5.90 Å². The number of ether oxygens (including phenoxy) is 3. The molecule has 2 aliphatic heterocycles. The SMILES string of the molecule is NO[C@@H]1CC(O)[C@H](O)C(COC2CC(O)CC(CO)O2)O1. The quantitative estimate of drug-likeness (QED) is 0.351. The predicted molar refractivity (Wildman–Crippen MR) is 67.5 cm³/mol. The van der Waals surface area contributed by atoms with E-state index in [1.54, 1.807) is 0 Å². The first-order valence-corrected chi connectivity index (χ1v) is 6.96. The van der Waals surface area contributed by atoms with Crippen LogP contribution < -0.4 is 5.90 Å². The Hall–Kier alpha value is -0.360. The lowest BCUT2D eigenvalue weighted by Crippen LogP contribution is -2.52. The molecule has 0 bridgehead atoms. The van der Waals surface area contributed by atoms with Gasteiger partial charge in [-0.15, -0.1) is 0 Å². The maximum Gasteiger partial charge on any atom is 0.180 e. The molecular weight excluding hydrogens is 286 g/mol. The van der Waals surface area contributed by atoms with Gasteiger partial charge < -0.3 is 34.6 Å². The molecule has 6 N–H and O–H groups in total. The normalized spacial score (nSPS) is 44.7. The summed E-state index contributed by atoms with van der Waals surface area (Å²) in [6.07, 6.45) is -4.93. The van der Waals surface area contributed by atoms with Gasteiger partial charge in [-0.05, 0) is 0 Å². The van der Waals surface area contributed by atoms with E-state index >= 15 is 0 Å². The van der Waals surface area contributed by atoms with Gasteiger partial charge in [-0.1, -0.05) is 0 Å². The molecule has 0 radical (unpaired) electrons. The van der Waals surface area contributed by atoms with Crippen molar-refractivity contribution in [1.82, 2.24) is 0 Å². The molecule has 9 heteroatoms. The van der Waals surface area contributed by atoms with Gasteiger partial charge in [0.2, 0.25) is 0 Å². The van der Waals surface area contributed by atoms with Crippen LogP contribution in [0.2, 0.25) is 0 Å². The molecule has 0 spiro atoms. The van der Waals surface area contributed by atoms with E-state index in [0.717, 1.165) is 0 Å². The van der Waals surface area contributed by atoms with Gasteiger partial charge in [0.25, 0.3) is 0 Å². The predicted octanol–water partition coefficient (Wildman–Crippen LogP) is -2.41. The molecule has 0 aliphatic carbocycles. The highest BCUT2D eigenvalue weighted by Gasteiger charge is 2.38. The Morgan fingerprint density at radius 2 is 1.81 bits per heavy atom. The maximum absolute atomic E-state index is 9.85. The summed E-state index contributed by atoms with van der Waals surface area (Å²) >= 11 is 0. The van der Waals surface area contributed by atoms with Crippen LogP contribution in [0.25, 0.3) is 0 Å². The van der Waals surface area contributed by atoms with Crippen molar-refractivity contribution in [2.75, 3.05) is 13.2 Å². The molecule has 9 nitrogen and oxygen atoms in total. The molecule has 0 saturated carbocycles. The van der Waals surface area contributed by atoms with Crippen molar-refractivity contribution in [2.45, 2.75) is 62.4 Å². The van der Waals surface area contributed by atoms with Gasteiger partial charge in [-0.3, -0.25) is 4.84 Å². The van der Waals surface area contributed by atoms with Gasteiger partial charge in [0.05, 0.1) is 31.5 Å². The fourth-order valence-corrected chi connectivity index (χ4v) is 2.52. The van der Waals surface area contributed by atoms with Crippen LogP contribution in [0, 0.1) is 0 Å². The van der Waals surface area contributed by atoms with Crippen LogP contribution in [-0.4, -0.2) is 76.7 Å². The van der Waals surface area contributed by atoms with E-state index in [-0.39, 0.29) is 26.1 Å². The highest BCUT2D eigenvalue weighted by Crippen LogP contribution is 2.24. The Morgan fingerprint density at radius 1 is 1.05 bits per heavy atom.